The molecule has 0 spiro atoms. The highest BCUT2D eigenvalue weighted by atomic mass is 16.2. The molecule has 0 N–H and O–H groups in total. The van der Waals surface area contributed by atoms with Crippen LogP contribution in [-0.4, -0.2) is 67.1 Å². The zero-order valence-electron chi connectivity index (χ0n) is 18.6. The topological polar surface area (TPSA) is 93.3 Å². The lowest BCUT2D eigenvalue weighted by atomic mass is 9.49. The van der Waals surface area contributed by atoms with E-state index in [1.165, 1.54) is 36.4 Å². The fourth-order valence-electron chi connectivity index (χ4n) is 7.29. The van der Waals surface area contributed by atoms with Gasteiger partial charge in [-0.25, -0.2) is 4.98 Å². The summed E-state index contributed by atoms with van der Waals surface area (Å²) in [5, 5.41) is 4.48. The van der Waals surface area contributed by atoms with Gasteiger partial charge in [-0.2, -0.15) is 5.10 Å². The number of carbonyl (C=O) groups is 2. The summed E-state index contributed by atoms with van der Waals surface area (Å²) in [4.78, 5) is 47.1. The molecule has 2 amide bonds. The number of hydrogen-bond acceptors (Lipinski definition) is 5. The summed E-state index contributed by atoms with van der Waals surface area (Å²) in [6, 6.07) is 0. The minimum atomic E-state index is -0.257. The second-order valence-corrected chi connectivity index (χ2v) is 10.6. The van der Waals surface area contributed by atoms with Gasteiger partial charge in [0.1, 0.15) is 18.3 Å². The summed E-state index contributed by atoms with van der Waals surface area (Å²) in [6.07, 6.45) is 10.1. The molecule has 4 bridgehead atoms. The van der Waals surface area contributed by atoms with E-state index in [2.05, 4.69) is 10.1 Å². The number of piperazine rings is 1. The van der Waals surface area contributed by atoms with Gasteiger partial charge in [-0.3, -0.25) is 23.6 Å². The summed E-state index contributed by atoms with van der Waals surface area (Å²) in [6.45, 7) is 2.17. The summed E-state index contributed by atoms with van der Waals surface area (Å²) >= 11 is 0. The van der Waals surface area contributed by atoms with E-state index in [1.54, 1.807) is 16.6 Å². The zero-order chi connectivity index (χ0) is 22.0. The van der Waals surface area contributed by atoms with Crippen molar-refractivity contribution in [1.82, 2.24) is 29.1 Å². The lowest BCUT2D eigenvalue weighted by Crippen LogP contribution is -2.58. The number of rotatable bonds is 3. The van der Waals surface area contributed by atoms with Crippen LogP contribution in [0.2, 0.25) is 0 Å². The first-order chi connectivity index (χ1) is 15.4. The normalized spacial score (nSPS) is 31.5. The third-order valence-corrected chi connectivity index (χ3v) is 8.44. The molecule has 9 heteroatoms. The predicted molar refractivity (Wildman–Crippen MR) is 117 cm³/mol. The molecule has 0 unspecified atom stereocenters. The van der Waals surface area contributed by atoms with Gasteiger partial charge in [0.2, 0.25) is 11.8 Å². The monoisotopic (exact) mass is 438 g/mol. The van der Waals surface area contributed by atoms with Crippen molar-refractivity contribution in [3.63, 3.8) is 0 Å². The van der Waals surface area contributed by atoms with Crippen LogP contribution in [0.15, 0.2) is 17.3 Å². The lowest BCUT2D eigenvalue weighted by Gasteiger charge is -2.57. The zero-order valence-corrected chi connectivity index (χ0v) is 18.6. The number of carbonyl (C=O) groups excluding carboxylic acids is 2. The average molecular weight is 439 g/mol. The smallest absolute Gasteiger partial charge is 0.264 e. The van der Waals surface area contributed by atoms with Crippen LogP contribution in [0.1, 0.15) is 38.5 Å². The molecule has 170 valence electrons. The van der Waals surface area contributed by atoms with E-state index in [-0.39, 0.29) is 23.4 Å². The quantitative estimate of drug-likeness (QED) is 0.713. The van der Waals surface area contributed by atoms with Crippen molar-refractivity contribution in [2.45, 2.75) is 45.1 Å². The molecule has 32 heavy (non-hydrogen) atoms. The van der Waals surface area contributed by atoms with Crippen molar-refractivity contribution in [2.24, 2.45) is 30.2 Å². The van der Waals surface area contributed by atoms with Gasteiger partial charge in [-0.05, 0) is 56.3 Å². The summed E-state index contributed by atoms with van der Waals surface area (Å²) in [5.74, 6) is 2.47. The van der Waals surface area contributed by atoms with Crippen LogP contribution < -0.4 is 5.56 Å². The van der Waals surface area contributed by atoms with Crippen molar-refractivity contribution in [1.29, 1.82) is 0 Å². The molecule has 5 fully saturated rings. The molecule has 1 saturated heterocycles. The van der Waals surface area contributed by atoms with Gasteiger partial charge in [0.05, 0.1) is 11.6 Å². The van der Waals surface area contributed by atoms with Gasteiger partial charge in [-0.15, -0.1) is 0 Å². The molecule has 9 nitrogen and oxygen atoms in total. The molecule has 1 aliphatic heterocycles. The second kappa shape index (κ2) is 7.15. The Kier molecular flexibility index (Phi) is 4.45. The van der Waals surface area contributed by atoms with Crippen LogP contribution in [0.25, 0.3) is 11.0 Å². The fraction of sp³-hybridized carbons (Fsp3) is 0.696. The summed E-state index contributed by atoms with van der Waals surface area (Å²) in [5.41, 5.74) is 0.126. The number of amides is 2. The van der Waals surface area contributed by atoms with Crippen LogP contribution in [0.5, 0.6) is 0 Å². The Labute approximate surface area is 186 Å². The van der Waals surface area contributed by atoms with Gasteiger partial charge < -0.3 is 9.80 Å². The van der Waals surface area contributed by atoms with Crippen molar-refractivity contribution in [2.75, 3.05) is 26.2 Å². The fourth-order valence-corrected chi connectivity index (χ4v) is 7.29. The van der Waals surface area contributed by atoms with Crippen LogP contribution in [-0.2, 0) is 23.2 Å². The Balaban J connectivity index is 1.10. The first-order valence-electron chi connectivity index (χ1n) is 11.9. The largest absolute Gasteiger partial charge is 0.339 e. The Bertz CT molecular complexity index is 1110. The molecular weight excluding hydrogens is 408 g/mol. The first kappa shape index (κ1) is 19.9. The van der Waals surface area contributed by atoms with E-state index in [1.807, 2.05) is 4.90 Å². The van der Waals surface area contributed by atoms with Gasteiger partial charge in [0.25, 0.3) is 5.56 Å². The van der Waals surface area contributed by atoms with E-state index in [0.717, 1.165) is 37.0 Å². The lowest BCUT2D eigenvalue weighted by molar-refractivity contribution is -0.160. The van der Waals surface area contributed by atoms with E-state index < -0.39 is 0 Å². The van der Waals surface area contributed by atoms with Gasteiger partial charge >= 0.3 is 0 Å². The molecule has 4 aliphatic carbocycles. The molecule has 0 aromatic carbocycles. The Morgan fingerprint density at radius 3 is 2.22 bits per heavy atom. The highest BCUT2D eigenvalue weighted by Gasteiger charge is 2.55. The van der Waals surface area contributed by atoms with Gasteiger partial charge in [-0.1, -0.05) is 0 Å². The van der Waals surface area contributed by atoms with Crippen LogP contribution in [0.4, 0.5) is 0 Å². The van der Waals surface area contributed by atoms with E-state index in [9.17, 15) is 14.4 Å². The number of fused-ring (bicyclic) bond motifs is 1. The molecule has 0 radical (unpaired) electrons. The Hall–Kier alpha value is -2.71. The molecule has 0 atom stereocenters. The summed E-state index contributed by atoms with van der Waals surface area (Å²) < 4.78 is 2.89. The standard InChI is InChI=1S/C23H30N6O3/c1-26-20-18(12-25-26)21(31)29(14-24-20)13-19(30)27-2-4-28(5-3-27)22(32)23-9-15-6-16(10-23)8-17(7-15)11-23/h12,14-17H,2-11,13H2,1H3. The number of aromatic nitrogens is 4. The molecular formula is C23H30N6O3. The van der Waals surface area contributed by atoms with Crippen LogP contribution >= 0.6 is 0 Å². The SMILES string of the molecule is Cn1ncc2c(=O)n(CC(=O)N3CCN(C(=O)C45CC6CC(CC(C6)C4)C5)CC3)cnc21. The van der Waals surface area contributed by atoms with Crippen LogP contribution in [0.3, 0.4) is 0 Å². The van der Waals surface area contributed by atoms with Crippen molar-refractivity contribution in [3.05, 3.63) is 22.9 Å². The third-order valence-electron chi connectivity index (χ3n) is 8.44. The maximum atomic E-state index is 13.6. The summed E-state index contributed by atoms with van der Waals surface area (Å²) in [7, 11) is 1.73. The minimum absolute atomic E-state index is 0.0421. The Morgan fingerprint density at radius 2 is 1.59 bits per heavy atom. The predicted octanol–water partition coefficient (Wildman–Crippen LogP) is 1.02. The van der Waals surface area contributed by atoms with E-state index >= 15 is 0 Å². The van der Waals surface area contributed by atoms with Gasteiger partial charge in [0, 0.05) is 33.2 Å². The Morgan fingerprint density at radius 1 is 1.00 bits per heavy atom. The van der Waals surface area contributed by atoms with Gasteiger partial charge in [0.15, 0.2) is 5.65 Å². The van der Waals surface area contributed by atoms with Crippen molar-refractivity contribution in [3.8, 4) is 0 Å². The second-order valence-electron chi connectivity index (χ2n) is 10.6. The van der Waals surface area contributed by atoms with Crippen molar-refractivity contribution < 1.29 is 9.59 Å². The minimum Gasteiger partial charge on any atom is -0.339 e. The molecule has 2 aromatic rings. The first-order valence-corrected chi connectivity index (χ1v) is 11.9. The van der Waals surface area contributed by atoms with Crippen LogP contribution in [0, 0.1) is 23.2 Å². The third kappa shape index (κ3) is 3.08. The number of hydrogen-bond donors (Lipinski definition) is 0. The number of nitrogens with zero attached hydrogens (tertiary/aromatic N) is 6. The average Bonchev–Trinajstić information content (AvgIpc) is 3.16. The maximum Gasteiger partial charge on any atom is 0.264 e. The molecule has 2 aromatic heterocycles. The molecule has 3 heterocycles. The van der Waals surface area contributed by atoms with Crippen molar-refractivity contribution >= 4 is 22.8 Å². The highest BCUT2D eigenvalue weighted by Crippen LogP contribution is 2.60. The maximum absolute atomic E-state index is 13.6. The number of aryl methyl sites for hydroxylation is 1. The van der Waals surface area contributed by atoms with E-state index in [4.69, 9.17) is 0 Å². The molecule has 4 saturated carbocycles. The highest BCUT2D eigenvalue weighted by molar-refractivity contribution is 5.84. The van der Waals surface area contributed by atoms with E-state index in [0.29, 0.717) is 43.1 Å². The molecule has 5 aliphatic rings. The molecule has 7 rings (SSSR count).